The number of fused-ring (bicyclic) bond motifs is 1. The van der Waals surface area contributed by atoms with E-state index in [1.807, 2.05) is 16.0 Å². The van der Waals surface area contributed by atoms with Gasteiger partial charge < -0.3 is 5.32 Å². The molecule has 0 radical (unpaired) electrons. The Hall–Kier alpha value is -1.20. The van der Waals surface area contributed by atoms with E-state index in [0.717, 1.165) is 31.8 Å². The summed E-state index contributed by atoms with van der Waals surface area (Å²) in [4.78, 5) is 5.69. The van der Waals surface area contributed by atoms with Crippen LogP contribution in [-0.2, 0) is 19.4 Å². The smallest absolute Gasteiger partial charge is 0.138 e. The molecule has 3 rings (SSSR count). The van der Waals surface area contributed by atoms with Crippen LogP contribution in [0.15, 0.2) is 23.8 Å². The molecule has 0 bridgehead atoms. The molecule has 4 nitrogen and oxygen atoms in total. The van der Waals surface area contributed by atoms with Gasteiger partial charge in [-0.3, -0.25) is 0 Å². The maximum Gasteiger partial charge on any atom is 0.138 e. The third kappa shape index (κ3) is 2.56. The zero-order valence-electron chi connectivity index (χ0n) is 9.67. The first-order chi connectivity index (χ1) is 8.42. The number of nitrogens with zero attached hydrogens (tertiary/aromatic N) is 3. The molecule has 0 amide bonds. The molecule has 1 aliphatic rings. The number of thiophene rings is 1. The van der Waals surface area contributed by atoms with Crippen molar-refractivity contribution in [3.8, 4) is 0 Å². The summed E-state index contributed by atoms with van der Waals surface area (Å²) in [7, 11) is 0. The minimum atomic E-state index is 0.546. The van der Waals surface area contributed by atoms with Crippen molar-refractivity contribution in [3.63, 3.8) is 0 Å². The van der Waals surface area contributed by atoms with E-state index < -0.39 is 0 Å². The number of rotatable bonds is 4. The number of aryl methyl sites for hydroxylation is 1. The van der Waals surface area contributed by atoms with Crippen LogP contribution in [0.5, 0.6) is 0 Å². The maximum absolute atomic E-state index is 4.24. The van der Waals surface area contributed by atoms with Crippen LogP contribution in [0.25, 0.3) is 0 Å². The normalized spacial score (nSPS) is 19.2. The van der Waals surface area contributed by atoms with Crippen LogP contribution < -0.4 is 5.32 Å². The minimum Gasteiger partial charge on any atom is -0.312 e. The highest BCUT2D eigenvalue weighted by molar-refractivity contribution is 7.09. The predicted octanol–water partition coefficient (Wildman–Crippen LogP) is 1.49. The molecule has 2 aromatic rings. The van der Waals surface area contributed by atoms with Gasteiger partial charge in [-0.25, -0.2) is 9.67 Å². The quantitative estimate of drug-likeness (QED) is 0.891. The maximum atomic E-state index is 4.24. The standard InChI is InChI=1S/C12H16N4S/c1-2-11(17-7-1)5-6-13-10-3-4-12-14-9-15-16(12)8-10/h1-2,7,9-10,13H,3-6,8H2/t10-/m0/s1. The number of hydrogen-bond acceptors (Lipinski definition) is 4. The molecule has 0 saturated carbocycles. The van der Waals surface area contributed by atoms with E-state index in [-0.39, 0.29) is 0 Å². The van der Waals surface area contributed by atoms with Gasteiger partial charge in [-0.15, -0.1) is 11.3 Å². The van der Waals surface area contributed by atoms with Crippen molar-refractivity contribution in [1.82, 2.24) is 20.1 Å². The monoisotopic (exact) mass is 248 g/mol. The van der Waals surface area contributed by atoms with Gasteiger partial charge in [-0.2, -0.15) is 5.10 Å². The molecule has 0 fully saturated rings. The molecule has 90 valence electrons. The van der Waals surface area contributed by atoms with Crippen LogP contribution in [0.3, 0.4) is 0 Å². The fourth-order valence-corrected chi connectivity index (χ4v) is 2.97. The first-order valence-electron chi connectivity index (χ1n) is 6.04. The average molecular weight is 248 g/mol. The summed E-state index contributed by atoms with van der Waals surface area (Å²) < 4.78 is 2.02. The fraction of sp³-hybridized carbons (Fsp3) is 0.500. The van der Waals surface area contributed by atoms with Gasteiger partial charge in [0.15, 0.2) is 0 Å². The van der Waals surface area contributed by atoms with Gasteiger partial charge in [0.2, 0.25) is 0 Å². The second kappa shape index (κ2) is 4.98. The molecular weight excluding hydrogens is 232 g/mol. The second-order valence-electron chi connectivity index (χ2n) is 4.38. The molecule has 2 aromatic heterocycles. The molecule has 1 atom stereocenters. The molecule has 0 aromatic carbocycles. The van der Waals surface area contributed by atoms with E-state index in [0.29, 0.717) is 6.04 Å². The Morgan fingerprint density at radius 1 is 1.53 bits per heavy atom. The summed E-state index contributed by atoms with van der Waals surface area (Å²) in [6.07, 6.45) is 4.99. The van der Waals surface area contributed by atoms with Crippen LogP contribution >= 0.6 is 11.3 Å². The lowest BCUT2D eigenvalue weighted by molar-refractivity contribution is 0.361. The average Bonchev–Trinajstić information content (AvgIpc) is 2.98. The van der Waals surface area contributed by atoms with E-state index in [1.165, 1.54) is 11.3 Å². The summed E-state index contributed by atoms with van der Waals surface area (Å²) in [6, 6.07) is 4.86. The van der Waals surface area contributed by atoms with E-state index in [2.05, 4.69) is 32.9 Å². The molecule has 3 heterocycles. The van der Waals surface area contributed by atoms with Crippen LogP contribution in [-0.4, -0.2) is 27.4 Å². The summed E-state index contributed by atoms with van der Waals surface area (Å²) >= 11 is 1.83. The molecule has 5 heteroatoms. The molecule has 0 aliphatic carbocycles. The second-order valence-corrected chi connectivity index (χ2v) is 5.41. The zero-order chi connectivity index (χ0) is 11.5. The Bertz CT molecular complexity index is 463. The molecular formula is C12H16N4S. The highest BCUT2D eigenvalue weighted by Crippen LogP contribution is 2.12. The third-order valence-electron chi connectivity index (χ3n) is 3.19. The van der Waals surface area contributed by atoms with E-state index in [9.17, 15) is 0 Å². The van der Waals surface area contributed by atoms with Gasteiger partial charge in [0, 0.05) is 23.9 Å². The predicted molar refractivity (Wildman–Crippen MR) is 68.2 cm³/mol. The molecule has 1 aliphatic heterocycles. The summed E-state index contributed by atoms with van der Waals surface area (Å²) in [5.41, 5.74) is 0. The lowest BCUT2D eigenvalue weighted by Gasteiger charge is -2.23. The Labute approximate surface area is 105 Å². The highest BCUT2D eigenvalue weighted by atomic mass is 32.1. The molecule has 0 saturated heterocycles. The largest absolute Gasteiger partial charge is 0.312 e. The summed E-state index contributed by atoms with van der Waals surface area (Å²) in [5, 5.41) is 9.98. The van der Waals surface area contributed by atoms with Gasteiger partial charge in [-0.1, -0.05) is 6.07 Å². The van der Waals surface area contributed by atoms with E-state index >= 15 is 0 Å². The number of aromatic nitrogens is 3. The topological polar surface area (TPSA) is 42.7 Å². The third-order valence-corrected chi connectivity index (χ3v) is 4.13. The van der Waals surface area contributed by atoms with Gasteiger partial charge in [0.05, 0.1) is 6.54 Å². The first kappa shape index (κ1) is 10.9. The Morgan fingerprint density at radius 2 is 2.53 bits per heavy atom. The van der Waals surface area contributed by atoms with Crippen molar-refractivity contribution in [2.24, 2.45) is 0 Å². The van der Waals surface area contributed by atoms with Crippen molar-refractivity contribution in [2.75, 3.05) is 6.54 Å². The van der Waals surface area contributed by atoms with Gasteiger partial charge in [0.1, 0.15) is 12.2 Å². The van der Waals surface area contributed by atoms with Crippen LogP contribution in [0.4, 0.5) is 0 Å². The van der Waals surface area contributed by atoms with Gasteiger partial charge in [0.25, 0.3) is 0 Å². The Balaban J connectivity index is 1.48. The first-order valence-corrected chi connectivity index (χ1v) is 6.92. The van der Waals surface area contributed by atoms with Crippen molar-refractivity contribution < 1.29 is 0 Å². The van der Waals surface area contributed by atoms with E-state index in [4.69, 9.17) is 0 Å². The number of hydrogen-bond donors (Lipinski definition) is 1. The molecule has 0 unspecified atom stereocenters. The van der Waals surface area contributed by atoms with Crippen LogP contribution in [0.1, 0.15) is 17.1 Å². The van der Waals surface area contributed by atoms with E-state index in [1.54, 1.807) is 6.33 Å². The summed E-state index contributed by atoms with van der Waals surface area (Å²) in [6.45, 7) is 2.01. The molecule has 1 N–H and O–H groups in total. The zero-order valence-corrected chi connectivity index (χ0v) is 10.5. The van der Waals surface area contributed by atoms with Crippen molar-refractivity contribution in [1.29, 1.82) is 0 Å². The molecule has 0 spiro atoms. The number of nitrogens with one attached hydrogen (secondary N) is 1. The lowest BCUT2D eigenvalue weighted by Crippen LogP contribution is -2.38. The van der Waals surface area contributed by atoms with Crippen molar-refractivity contribution in [3.05, 3.63) is 34.5 Å². The van der Waals surface area contributed by atoms with Gasteiger partial charge in [-0.05, 0) is 24.3 Å². The summed E-state index contributed by atoms with van der Waals surface area (Å²) in [5.74, 6) is 1.13. The van der Waals surface area contributed by atoms with Crippen molar-refractivity contribution >= 4 is 11.3 Å². The van der Waals surface area contributed by atoms with Gasteiger partial charge >= 0.3 is 0 Å². The minimum absolute atomic E-state index is 0.546. The lowest BCUT2D eigenvalue weighted by atomic mass is 10.1. The SMILES string of the molecule is c1csc(CCN[C@H]2CCc3ncnn3C2)c1. The van der Waals surface area contributed by atoms with Crippen LogP contribution in [0, 0.1) is 0 Å². The molecule has 17 heavy (non-hydrogen) atoms. The van der Waals surface area contributed by atoms with Crippen molar-refractivity contribution in [2.45, 2.75) is 31.8 Å². The highest BCUT2D eigenvalue weighted by Gasteiger charge is 2.18. The van der Waals surface area contributed by atoms with Crippen LogP contribution in [0.2, 0.25) is 0 Å². The Kier molecular flexibility index (Phi) is 3.20. The fourth-order valence-electron chi connectivity index (χ4n) is 2.26. The Morgan fingerprint density at radius 3 is 3.41 bits per heavy atom.